The third-order valence-corrected chi connectivity index (χ3v) is 6.59. The Labute approximate surface area is 174 Å². The zero-order valence-electron chi connectivity index (χ0n) is 17.7. The Morgan fingerprint density at radius 2 is 2.10 bits per heavy atom. The number of benzene rings is 1. The number of nitriles is 1. The van der Waals surface area contributed by atoms with Gasteiger partial charge < -0.3 is 9.80 Å². The molecule has 1 saturated carbocycles. The molecule has 2 heterocycles. The molecule has 30 heavy (non-hydrogen) atoms. The molecule has 1 saturated heterocycles. The van der Waals surface area contributed by atoms with Gasteiger partial charge >= 0.3 is 5.69 Å². The molecule has 7 nitrogen and oxygen atoms in total. The minimum Gasteiger partial charge on any atom is -0.369 e. The molecule has 1 aromatic carbocycles. The molecule has 2 atom stereocenters. The van der Waals surface area contributed by atoms with Crippen LogP contribution in [0.2, 0.25) is 0 Å². The Hall–Kier alpha value is -2.66. The first-order chi connectivity index (χ1) is 14.3. The van der Waals surface area contributed by atoms with Crippen LogP contribution in [-0.4, -0.2) is 47.2 Å². The highest BCUT2D eigenvalue weighted by molar-refractivity contribution is 5.87. The zero-order valence-corrected chi connectivity index (χ0v) is 17.7. The summed E-state index contributed by atoms with van der Waals surface area (Å²) in [6, 6.07) is 3.75. The number of nitrogens with one attached hydrogen (secondary N) is 1. The second-order valence-corrected chi connectivity index (χ2v) is 8.84. The number of halogens is 1. The number of hydrogen-bond acceptors (Lipinski definition) is 5. The average Bonchev–Trinajstić information content (AvgIpc) is 3.42. The van der Waals surface area contributed by atoms with Crippen molar-refractivity contribution in [2.45, 2.75) is 51.6 Å². The number of aryl methyl sites for hydroxylation is 1. The second-order valence-electron chi connectivity index (χ2n) is 8.84. The molecule has 2 aromatic rings. The maximum atomic E-state index is 15.2. The summed E-state index contributed by atoms with van der Waals surface area (Å²) in [5, 5.41) is 9.15. The number of H-pyrrole nitrogens is 1. The molecule has 0 radical (unpaired) electrons. The minimum atomic E-state index is -0.534. The minimum absolute atomic E-state index is 0.0791. The predicted molar refractivity (Wildman–Crippen MR) is 114 cm³/mol. The lowest BCUT2D eigenvalue weighted by Crippen LogP contribution is -2.35. The Balaban J connectivity index is 1.67. The molecule has 1 aromatic heterocycles. The van der Waals surface area contributed by atoms with Crippen molar-refractivity contribution >= 4 is 16.6 Å². The fourth-order valence-corrected chi connectivity index (χ4v) is 4.70. The summed E-state index contributed by atoms with van der Waals surface area (Å²) < 4.78 is 16.8. The lowest BCUT2D eigenvalue weighted by Gasteiger charge is -2.27. The lowest BCUT2D eigenvalue weighted by atomic mass is 10.1. The molecule has 2 unspecified atom stereocenters. The van der Waals surface area contributed by atoms with E-state index in [0.717, 1.165) is 32.4 Å². The summed E-state index contributed by atoms with van der Waals surface area (Å²) in [4.78, 5) is 31.4. The quantitative estimate of drug-likeness (QED) is 0.787. The number of rotatable bonds is 6. The van der Waals surface area contributed by atoms with Crippen molar-refractivity contribution in [3.8, 4) is 6.07 Å². The zero-order chi connectivity index (χ0) is 21.6. The molecule has 1 aliphatic heterocycles. The van der Waals surface area contributed by atoms with Gasteiger partial charge in [-0.2, -0.15) is 5.26 Å². The molecule has 2 aliphatic rings. The van der Waals surface area contributed by atoms with E-state index >= 15 is 4.39 Å². The molecule has 0 spiro atoms. The third-order valence-electron chi connectivity index (χ3n) is 6.59. The molecular formula is C22H28FN5O2. The van der Waals surface area contributed by atoms with Crippen LogP contribution < -0.4 is 16.1 Å². The Kier molecular flexibility index (Phi) is 5.41. The number of aromatic nitrogens is 2. The Morgan fingerprint density at radius 1 is 1.37 bits per heavy atom. The molecule has 0 amide bonds. The fraction of sp³-hybridized carbons (Fsp3) is 0.591. The first kappa shape index (κ1) is 20.6. The number of hydrogen-bond donors (Lipinski definition) is 1. The van der Waals surface area contributed by atoms with Gasteiger partial charge in [-0.1, -0.05) is 0 Å². The van der Waals surface area contributed by atoms with Crippen molar-refractivity contribution in [2.24, 2.45) is 5.92 Å². The summed E-state index contributed by atoms with van der Waals surface area (Å²) in [5.74, 6) is -0.0474. The van der Waals surface area contributed by atoms with Crippen molar-refractivity contribution in [3.63, 3.8) is 0 Å². The third kappa shape index (κ3) is 3.63. The van der Waals surface area contributed by atoms with E-state index in [2.05, 4.69) is 16.0 Å². The van der Waals surface area contributed by atoms with Gasteiger partial charge in [0.15, 0.2) is 0 Å². The number of anilines is 1. The van der Waals surface area contributed by atoms with Gasteiger partial charge in [-0.15, -0.1) is 0 Å². The van der Waals surface area contributed by atoms with Gasteiger partial charge in [-0.25, -0.2) is 9.18 Å². The van der Waals surface area contributed by atoms with Crippen LogP contribution in [0.1, 0.15) is 44.2 Å². The van der Waals surface area contributed by atoms with Gasteiger partial charge in [0.05, 0.1) is 29.1 Å². The normalized spacial score (nSPS) is 20.1. The van der Waals surface area contributed by atoms with Crippen molar-refractivity contribution in [1.82, 2.24) is 14.5 Å². The molecule has 1 N–H and O–H groups in total. The Morgan fingerprint density at radius 3 is 2.77 bits per heavy atom. The van der Waals surface area contributed by atoms with Crippen LogP contribution in [0.5, 0.6) is 0 Å². The smallest absolute Gasteiger partial charge is 0.329 e. The van der Waals surface area contributed by atoms with Crippen molar-refractivity contribution in [3.05, 3.63) is 38.3 Å². The highest BCUT2D eigenvalue weighted by atomic mass is 19.1. The molecule has 160 valence electrons. The lowest BCUT2D eigenvalue weighted by molar-refractivity contribution is 0.227. The first-order valence-electron chi connectivity index (χ1n) is 10.6. The van der Waals surface area contributed by atoms with Gasteiger partial charge in [0.1, 0.15) is 5.82 Å². The van der Waals surface area contributed by atoms with Gasteiger partial charge in [0.25, 0.3) is 5.56 Å². The molecule has 8 heteroatoms. The van der Waals surface area contributed by atoms with Crippen molar-refractivity contribution < 1.29 is 4.39 Å². The maximum absolute atomic E-state index is 15.2. The summed E-state index contributed by atoms with van der Waals surface area (Å²) in [6.07, 6.45) is 3.21. The summed E-state index contributed by atoms with van der Waals surface area (Å²) in [7, 11) is 2.02. The molecule has 1 aliphatic carbocycles. The van der Waals surface area contributed by atoms with Crippen LogP contribution in [0.3, 0.4) is 0 Å². The van der Waals surface area contributed by atoms with Crippen LogP contribution in [0.4, 0.5) is 10.1 Å². The number of nitrogens with zero attached hydrogens (tertiary/aromatic N) is 4. The van der Waals surface area contributed by atoms with Crippen molar-refractivity contribution in [2.75, 3.05) is 31.6 Å². The first-order valence-corrected chi connectivity index (χ1v) is 10.6. The average molecular weight is 413 g/mol. The van der Waals surface area contributed by atoms with E-state index in [9.17, 15) is 9.59 Å². The van der Waals surface area contributed by atoms with Gasteiger partial charge in [-0.05, 0) is 52.1 Å². The van der Waals surface area contributed by atoms with Crippen LogP contribution in [0.25, 0.3) is 10.9 Å². The summed E-state index contributed by atoms with van der Waals surface area (Å²) in [6.45, 7) is 6.14. The Bertz CT molecular complexity index is 1130. The number of aromatic amines is 1. The SMILES string of the molecule is Cc1c(N2CCC(CN(C)C(C)CC#N)C2)c(F)cc2c(=O)[nH]c(=O)n(C3CC3)c12. The van der Waals surface area contributed by atoms with E-state index in [-0.39, 0.29) is 17.5 Å². The highest BCUT2D eigenvalue weighted by Gasteiger charge is 2.32. The van der Waals surface area contributed by atoms with Gasteiger partial charge in [-0.3, -0.25) is 14.3 Å². The van der Waals surface area contributed by atoms with E-state index in [1.165, 1.54) is 6.07 Å². The van der Waals surface area contributed by atoms with Gasteiger partial charge in [0.2, 0.25) is 0 Å². The van der Waals surface area contributed by atoms with E-state index in [1.807, 2.05) is 25.8 Å². The molecular weight excluding hydrogens is 385 g/mol. The monoisotopic (exact) mass is 413 g/mol. The molecule has 2 fully saturated rings. The van der Waals surface area contributed by atoms with Crippen molar-refractivity contribution in [1.29, 1.82) is 5.26 Å². The van der Waals surface area contributed by atoms with E-state index < -0.39 is 17.1 Å². The second kappa shape index (κ2) is 7.88. The summed E-state index contributed by atoms with van der Waals surface area (Å²) in [5.41, 5.74) is 0.769. The molecule has 0 bridgehead atoms. The predicted octanol–water partition coefficient (Wildman–Crippen LogP) is 2.53. The van der Waals surface area contributed by atoms with E-state index in [0.29, 0.717) is 35.7 Å². The van der Waals surface area contributed by atoms with E-state index in [4.69, 9.17) is 5.26 Å². The molecule has 4 rings (SSSR count). The number of fused-ring (bicyclic) bond motifs is 1. The largest absolute Gasteiger partial charge is 0.369 e. The standard InChI is InChI=1S/C22H28FN5O2/c1-13(6-8-24)26(3)11-15-7-9-27(12-15)20-14(2)19-17(10-18(20)23)21(29)25-22(30)28(19)16-4-5-16/h10,13,15-16H,4-7,9,11-12H2,1-3H3,(H,25,29,30). The van der Waals surface area contributed by atoms with Crippen LogP contribution in [0.15, 0.2) is 15.7 Å². The fourth-order valence-electron chi connectivity index (χ4n) is 4.70. The highest BCUT2D eigenvalue weighted by Crippen LogP contribution is 2.39. The summed E-state index contributed by atoms with van der Waals surface area (Å²) >= 11 is 0. The van der Waals surface area contributed by atoms with Crippen LogP contribution in [-0.2, 0) is 0 Å². The van der Waals surface area contributed by atoms with Crippen LogP contribution in [0, 0.1) is 30.0 Å². The maximum Gasteiger partial charge on any atom is 0.329 e. The van der Waals surface area contributed by atoms with Crippen LogP contribution >= 0.6 is 0 Å². The topological polar surface area (TPSA) is 85.1 Å². The van der Waals surface area contributed by atoms with E-state index in [1.54, 1.807) is 4.57 Å². The van der Waals surface area contributed by atoms with Gasteiger partial charge in [0, 0.05) is 37.3 Å².